The van der Waals surface area contributed by atoms with E-state index in [9.17, 15) is 4.79 Å². The molecule has 1 aromatic rings. The van der Waals surface area contributed by atoms with Crippen LogP contribution in [0.3, 0.4) is 0 Å². The molecule has 0 spiro atoms. The van der Waals surface area contributed by atoms with Gasteiger partial charge in [-0.05, 0) is 57.4 Å². The Labute approximate surface area is 115 Å². The predicted octanol–water partition coefficient (Wildman–Crippen LogP) is 2.91. The molecule has 0 bridgehead atoms. The van der Waals surface area contributed by atoms with Gasteiger partial charge in [0.25, 0.3) is 0 Å². The SMILES string of the molecule is CCOc1cc(C)c(CNC(=O)NC(C)C)cc1C. The largest absolute Gasteiger partial charge is 0.494 e. The number of nitrogens with one attached hydrogen (secondary N) is 2. The van der Waals surface area contributed by atoms with Crippen LogP contribution >= 0.6 is 0 Å². The van der Waals surface area contributed by atoms with E-state index >= 15 is 0 Å². The van der Waals surface area contributed by atoms with Crippen LogP contribution in [0.4, 0.5) is 4.79 Å². The Kier molecular flexibility index (Phi) is 5.67. The van der Waals surface area contributed by atoms with Gasteiger partial charge in [-0.15, -0.1) is 0 Å². The van der Waals surface area contributed by atoms with Crippen LogP contribution in [0.1, 0.15) is 37.5 Å². The minimum atomic E-state index is -0.138. The molecular formula is C15H24N2O2. The molecule has 19 heavy (non-hydrogen) atoms. The Balaban J connectivity index is 2.69. The number of rotatable bonds is 5. The number of aryl methyl sites for hydroxylation is 2. The Morgan fingerprint density at radius 2 is 1.95 bits per heavy atom. The van der Waals surface area contributed by atoms with Crippen molar-refractivity contribution in [1.29, 1.82) is 0 Å². The fourth-order valence-corrected chi connectivity index (χ4v) is 1.84. The van der Waals surface area contributed by atoms with E-state index in [1.807, 2.05) is 40.7 Å². The van der Waals surface area contributed by atoms with Crippen LogP contribution in [0.2, 0.25) is 0 Å². The minimum Gasteiger partial charge on any atom is -0.494 e. The van der Waals surface area contributed by atoms with E-state index in [1.54, 1.807) is 0 Å². The Morgan fingerprint density at radius 1 is 1.26 bits per heavy atom. The lowest BCUT2D eigenvalue weighted by atomic mass is 10.0. The first-order valence-electron chi connectivity index (χ1n) is 6.71. The summed E-state index contributed by atoms with van der Waals surface area (Å²) in [4.78, 5) is 11.5. The average Bonchev–Trinajstić information content (AvgIpc) is 2.31. The smallest absolute Gasteiger partial charge is 0.315 e. The molecule has 0 aliphatic carbocycles. The monoisotopic (exact) mass is 264 g/mol. The maximum Gasteiger partial charge on any atom is 0.315 e. The van der Waals surface area contributed by atoms with Gasteiger partial charge in [-0.1, -0.05) is 6.07 Å². The van der Waals surface area contributed by atoms with Crippen molar-refractivity contribution in [3.05, 3.63) is 28.8 Å². The van der Waals surface area contributed by atoms with Crippen molar-refractivity contribution in [3.8, 4) is 5.75 Å². The van der Waals surface area contributed by atoms with Crippen LogP contribution in [0.25, 0.3) is 0 Å². The van der Waals surface area contributed by atoms with Gasteiger partial charge in [0, 0.05) is 12.6 Å². The highest BCUT2D eigenvalue weighted by Crippen LogP contribution is 2.22. The molecule has 0 fully saturated rings. The molecule has 0 saturated carbocycles. The number of urea groups is 1. The van der Waals surface area contributed by atoms with E-state index < -0.39 is 0 Å². The second-order valence-corrected chi connectivity index (χ2v) is 4.96. The molecule has 0 aliphatic rings. The highest BCUT2D eigenvalue weighted by atomic mass is 16.5. The Morgan fingerprint density at radius 3 is 2.53 bits per heavy atom. The summed E-state index contributed by atoms with van der Waals surface area (Å²) in [5, 5.41) is 5.66. The van der Waals surface area contributed by atoms with Crippen LogP contribution < -0.4 is 15.4 Å². The van der Waals surface area contributed by atoms with E-state index in [0.29, 0.717) is 13.2 Å². The molecule has 2 N–H and O–H groups in total. The quantitative estimate of drug-likeness (QED) is 0.859. The number of amides is 2. The zero-order valence-electron chi connectivity index (χ0n) is 12.5. The third kappa shape index (κ3) is 4.81. The van der Waals surface area contributed by atoms with Crippen molar-refractivity contribution in [1.82, 2.24) is 10.6 Å². The molecule has 0 unspecified atom stereocenters. The summed E-state index contributed by atoms with van der Waals surface area (Å²) in [7, 11) is 0. The topological polar surface area (TPSA) is 50.4 Å². The van der Waals surface area contributed by atoms with Gasteiger partial charge in [0.1, 0.15) is 5.75 Å². The number of ether oxygens (including phenoxy) is 1. The van der Waals surface area contributed by atoms with Gasteiger partial charge in [-0.3, -0.25) is 0 Å². The molecular weight excluding hydrogens is 240 g/mol. The van der Waals surface area contributed by atoms with Gasteiger partial charge in [-0.25, -0.2) is 4.79 Å². The maximum absolute atomic E-state index is 11.5. The van der Waals surface area contributed by atoms with Gasteiger partial charge in [-0.2, -0.15) is 0 Å². The highest BCUT2D eigenvalue weighted by Gasteiger charge is 2.07. The van der Waals surface area contributed by atoms with Crippen molar-refractivity contribution in [2.45, 2.75) is 47.2 Å². The second kappa shape index (κ2) is 7.02. The van der Waals surface area contributed by atoms with E-state index in [0.717, 1.165) is 22.4 Å². The van der Waals surface area contributed by atoms with Crippen LogP contribution in [-0.2, 0) is 6.54 Å². The molecule has 0 radical (unpaired) electrons. The first-order valence-corrected chi connectivity index (χ1v) is 6.71. The highest BCUT2D eigenvalue weighted by molar-refractivity contribution is 5.74. The van der Waals surface area contributed by atoms with Crippen molar-refractivity contribution >= 4 is 6.03 Å². The number of benzene rings is 1. The van der Waals surface area contributed by atoms with Crippen LogP contribution in [0.5, 0.6) is 5.75 Å². The average molecular weight is 264 g/mol. The molecule has 0 aliphatic heterocycles. The molecule has 2 amide bonds. The Hall–Kier alpha value is -1.71. The van der Waals surface area contributed by atoms with Gasteiger partial charge in [0.15, 0.2) is 0 Å². The second-order valence-electron chi connectivity index (χ2n) is 4.96. The van der Waals surface area contributed by atoms with E-state index in [4.69, 9.17) is 4.74 Å². The van der Waals surface area contributed by atoms with Gasteiger partial charge >= 0.3 is 6.03 Å². The summed E-state index contributed by atoms with van der Waals surface area (Å²) in [5.74, 6) is 0.912. The molecule has 4 nitrogen and oxygen atoms in total. The van der Waals surface area contributed by atoms with Crippen LogP contribution in [0, 0.1) is 13.8 Å². The number of carbonyl (C=O) groups is 1. The van der Waals surface area contributed by atoms with Crippen molar-refractivity contribution in [3.63, 3.8) is 0 Å². The predicted molar refractivity (Wildman–Crippen MR) is 77.6 cm³/mol. The molecule has 4 heteroatoms. The van der Waals surface area contributed by atoms with Crippen molar-refractivity contribution in [2.24, 2.45) is 0 Å². The minimum absolute atomic E-state index is 0.138. The van der Waals surface area contributed by atoms with E-state index in [-0.39, 0.29) is 12.1 Å². The summed E-state index contributed by atoms with van der Waals surface area (Å²) in [6.45, 7) is 11.1. The summed E-state index contributed by atoms with van der Waals surface area (Å²) in [5.41, 5.74) is 3.33. The fraction of sp³-hybridized carbons (Fsp3) is 0.533. The van der Waals surface area contributed by atoms with E-state index in [2.05, 4.69) is 16.7 Å². The third-order valence-corrected chi connectivity index (χ3v) is 2.79. The number of carbonyl (C=O) groups excluding carboxylic acids is 1. The molecule has 0 atom stereocenters. The van der Waals surface area contributed by atoms with Crippen LogP contribution in [-0.4, -0.2) is 18.7 Å². The molecule has 1 rings (SSSR count). The number of hydrogen-bond acceptors (Lipinski definition) is 2. The zero-order chi connectivity index (χ0) is 14.4. The molecule has 0 saturated heterocycles. The van der Waals surface area contributed by atoms with Crippen molar-refractivity contribution < 1.29 is 9.53 Å². The van der Waals surface area contributed by atoms with Gasteiger partial charge in [0.2, 0.25) is 0 Å². The fourth-order valence-electron chi connectivity index (χ4n) is 1.84. The summed E-state index contributed by atoms with van der Waals surface area (Å²) >= 11 is 0. The normalized spacial score (nSPS) is 10.4. The molecule has 0 aromatic heterocycles. The first-order chi connectivity index (χ1) is 8.93. The lowest BCUT2D eigenvalue weighted by Gasteiger charge is -2.14. The Bertz CT molecular complexity index is 442. The lowest BCUT2D eigenvalue weighted by molar-refractivity contribution is 0.238. The zero-order valence-corrected chi connectivity index (χ0v) is 12.5. The summed E-state index contributed by atoms with van der Waals surface area (Å²) in [6, 6.07) is 4.09. The summed E-state index contributed by atoms with van der Waals surface area (Å²) in [6.07, 6.45) is 0. The summed E-state index contributed by atoms with van der Waals surface area (Å²) < 4.78 is 5.55. The molecule has 1 aromatic carbocycles. The number of hydrogen-bond donors (Lipinski definition) is 2. The van der Waals surface area contributed by atoms with Gasteiger partial charge < -0.3 is 15.4 Å². The first kappa shape index (κ1) is 15.3. The van der Waals surface area contributed by atoms with Crippen LogP contribution in [0.15, 0.2) is 12.1 Å². The van der Waals surface area contributed by atoms with E-state index in [1.165, 1.54) is 0 Å². The third-order valence-electron chi connectivity index (χ3n) is 2.79. The van der Waals surface area contributed by atoms with Crippen molar-refractivity contribution in [2.75, 3.05) is 6.61 Å². The standard InChI is InChI=1S/C15H24N2O2/c1-6-19-14-8-11(4)13(7-12(14)5)9-16-15(18)17-10(2)3/h7-8,10H,6,9H2,1-5H3,(H2,16,17,18). The maximum atomic E-state index is 11.5. The lowest BCUT2D eigenvalue weighted by Crippen LogP contribution is -2.39. The van der Waals surface area contributed by atoms with Gasteiger partial charge in [0.05, 0.1) is 6.61 Å². The molecule has 106 valence electrons. The molecule has 0 heterocycles.